The summed E-state index contributed by atoms with van der Waals surface area (Å²) in [6.07, 6.45) is 7.04. The Balaban J connectivity index is 0.680. The van der Waals surface area contributed by atoms with E-state index >= 15 is 0 Å². The maximum Gasteiger partial charge on any atom is 0.273 e. The van der Waals surface area contributed by atoms with Crippen molar-refractivity contribution in [1.82, 2.24) is 65.6 Å². The normalized spacial score (nSPS) is 17.6. The maximum absolute atomic E-state index is 14.2. The van der Waals surface area contributed by atoms with E-state index in [1.54, 1.807) is 42.6 Å². The predicted octanol–water partition coefficient (Wildman–Crippen LogP) is 6.39. The van der Waals surface area contributed by atoms with Crippen LogP contribution in [0.3, 0.4) is 0 Å². The third-order valence-electron chi connectivity index (χ3n) is 15.9. The van der Waals surface area contributed by atoms with Gasteiger partial charge in [-0.2, -0.15) is 5.10 Å². The Kier molecular flexibility index (Phi) is 19.5. The first-order valence-corrected chi connectivity index (χ1v) is 29.7. The Hall–Kier alpha value is -8.09. The van der Waals surface area contributed by atoms with Crippen molar-refractivity contribution in [2.45, 2.75) is 116 Å². The third-order valence-corrected chi connectivity index (χ3v) is 16.9. The fourth-order valence-corrected chi connectivity index (χ4v) is 12.0. The van der Waals surface area contributed by atoms with Crippen LogP contribution in [0.15, 0.2) is 78.7 Å². The molecule has 0 aliphatic carbocycles. The average Bonchev–Trinajstić information content (AvgIpc) is 3.03. The number of aryl methyl sites for hydroxylation is 2. The lowest BCUT2D eigenvalue weighted by atomic mass is 9.85. The first-order valence-electron chi connectivity index (χ1n) is 28.9. The first-order chi connectivity index (χ1) is 40.4. The molecule has 9 rings (SSSR count). The number of ether oxygens (including phenoxy) is 1. The van der Waals surface area contributed by atoms with E-state index in [0.29, 0.717) is 85.0 Å². The number of nitrogens with one attached hydrogen (secondary N) is 5. The van der Waals surface area contributed by atoms with E-state index in [2.05, 4.69) is 61.6 Å². The van der Waals surface area contributed by atoms with Crippen LogP contribution < -0.4 is 36.2 Å². The number of benzene rings is 2. The molecule has 0 spiro atoms. The number of amides is 5. The maximum atomic E-state index is 14.2. The van der Waals surface area contributed by atoms with Crippen LogP contribution in [0, 0.1) is 12.3 Å². The van der Waals surface area contributed by atoms with E-state index in [1.807, 2.05) is 106 Å². The van der Waals surface area contributed by atoms with Gasteiger partial charge in [-0.3, -0.25) is 33.6 Å². The van der Waals surface area contributed by atoms with Crippen molar-refractivity contribution in [3.05, 3.63) is 95.6 Å². The van der Waals surface area contributed by atoms with E-state index in [1.165, 1.54) is 11.9 Å². The van der Waals surface area contributed by atoms with Gasteiger partial charge >= 0.3 is 0 Å². The highest BCUT2D eigenvalue weighted by Gasteiger charge is 2.45. The molecule has 0 saturated carbocycles. The number of aromatic nitrogens is 7. The molecule has 3 aliphatic rings. The van der Waals surface area contributed by atoms with Crippen molar-refractivity contribution in [2.75, 3.05) is 75.5 Å². The lowest BCUT2D eigenvalue weighted by molar-refractivity contribution is -0.144. The number of likely N-dealkylation sites (tertiary alicyclic amines) is 2. The molecule has 446 valence electrons. The van der Waals surface area contributed by atoms with Crippen molar-refractivity contribution >= 4 is 69.6 Å². The number of nitrogens with zero attached hydrogens (tertiary/aromatic N) is 11. The zero-order valence-corrected chi connectivity index (χ0v) is 50.0. The fourth-order valence-electron chi connectivity index (χ4n) is 11.2. The highest BCUT2D eigenvalue weighted by Crippen LogP contribution is 2.38. The number of rotatable bonds is 21. The summed E-state index contributed by atoms with van der Waals surface area (Å²) in [7, 11) is 4.88. The molecule has 3 fully saturated rings. The zero-order chi connectivity index (χ0) is 59.7. The van der Waals surface area contributed by atoms with Crippen molar-refractivity contribution in [1.29, 1.82) is 0 Å². The van der Waals surface area contributed by atoms with Gasteiger partial charge in [0.05, 0.1) is 64.2 Å². The highest BCUT2D eigenvalue weighted by molar-refractivity contribution is 7.13. The van der Waals surface area contributed by atoms with Crippen molar-refractivity contribution in [2.24, 2.45) is 12.5 Å². The average molecular weight is 1170 g/mol. The Labute approximate surface area is 494 Å². The summed E-state index contributed by atoms with van der Waals surface area (Å²) in [6, 6.07) is 17.4. The lowest BCUT2D eigenvalue weighted by Crippen LogP contribution is -2.57. The molecule has 3 saturated heterocycles. The molecule has 4 aromatic heterocycles. The number of para-hydroxylation sites is 1. The number of hydrogen-bond donors (Lipinski definition) is 6. The van der Waals surface area contributed by atoms with Crippen LogP contribution >= 0.6 is 11.3 Å². The summed E-state index contributed by atoms with van der Waals surface area (Å²) in [5, 5.41) is 38.8. The van der Waals surface area contributed by atoms with Gasteiger partial charge in [0.15, 0.2) is 23.1 Å². The number of carbonyl (C=O) groups is 5. The van der Waals surface area contributed by atoms with E-state index in [9.17, 15) is 29.1 Å². The summed E-state index contributed by atoms with van der Waals surface area (Å²) in [4.78, 5) is 90.3. The van der Waals surface area contributed by atoms with Gasteiger partial charge in [0.1, 0.15) is 24.2 Å². The summed E-state index contributed by atoms with van der Waals surface area (Å²) >= 11 is 1.58. The molecule has 5 amide bonds. The summed E-state index contributed by atoms with van der Waals surface area (Å²) in [5.41, 5.74) is 6.81. The highest BCUT2D eigenvalue weighted by atomic mass is 32.1. The third kappa shape index (κ3) is 14.6. The molecule has 0 bridgehead atoms. The smallest absolute Gasteiger partial charge is 0.273 e. The van der Waals surface area contributed by atoms with Crippen molar-refractivity contribution < 1.29 is 33.8 Å². The lowest BCUT2D eigenvalue weighted by Gasteiger charge is -2.43. The molecule has 6 aromatic rings. The number of unbranched alkanes of at least 4 members (excludes halogenated alkanes) is 2. The Bertz CT molecular complexity index is 3260. The van der Waals surface area contributed by atoms with Gasteiger partial charge in [0.25, 0.3) is 5.91 Å². The Morgan fingerprint density at radius 3 is 2.25 bits per heavy atom. The van der Waals surface area contributed by atoms with Gasteiger partial charge in [-0.1, -0.05) is 57.5 Å². The molecule has 0 unspecified atom stereocenters. The number of thiazole rings is 1. The monoisotopic (exact) mass is 1170 g/mol. The standard InChI is InChI=1S/C60H78N16O7S/c1-37(39-17-19-40(20-18-39)54-38(2)64-36-84-54)65-57(80)47-31-43(77)34-76(47)59(82)55(60(3,4)5)68-50(78)15-10-9-11-16-51(79)75-25-23-41(24-26-75)73-27-29-74(30-28-73)42-21-22-48(62-33-42)67-49-32-46(52(70-69-49)58(81)61-6)66-45-14-12-13-44(53(45)83-8)56-63-35-72(7)71-56/h12-14,17-22,32-33,35-37,41,43,47,55,77H,9-11,15-16,23-31,34H2,1-8H3,(H,61,81)(H,65,80)(H,68,78)(H2,62,66,67,69)/t37-,43+,47-,55+/m0/s1. The number of aliphatic hydroxyl groups is 1. The Morgan fingerprint density at radius 1 is 0.845 bits per heavy atom. The molecule has 23 nitrogen and oxygen atoms in total. The molecule has 84 heavy (non-hydrogen) atoms. The Morgan fingerprint density at radius 2 is 1.60 bits per heavy atom. The fraction of sp³-hybridized carbons (Fsp3) is 0.483. The second-order valence-corrected chi connectivity index (χ2v) is 23.8. The number of pyridine rings is 1. The SMILES string of the molecule is CNC(=O)c1nnc(Nc2ccc(N3CCN(C4CCN(C(=O)CCCCCC(=O)N[C@H](C(=O)N5C[C@H](O)C[C@H]5C(=O)N[C@@H](C)c5ccc(-c6scnc6C)cc5)C(C)(C)C)CC4)CC3)cn2)cc1Nc1cccc(-c2ncn(C)n2)c1OC. The topological polar surface area (TPSA) is 270 Å². The molecule has 6 N–H and O–H groups in total. The molecule has 3 aliphatic heterocycles. The second kappa shape index (κ2) is 27.1. The molecule has 0 radical (unpaired) electrons. The zero-order valence-electron chi connectivity index (χ0n) is 49.2. The number of piperazine rings is 1. The van der Waals surface area contributed by atoms with Crippen LogP contribution in [0.25, 0.3) is 21.8 Å². The summed E-state index contributed by atoms with van der Waals surface area (Å²) in [6.45, 7) is 14.4. The van der Waals surface area contributed by atoms with E-state index < -0.39 is 35.4 Å². The van der Waals surface area contributed by atoms with Crippen LogP contribution in [0.2, 0.25) is 0 Å². The van der Waals surface area contributed by atoms with Gasteiger partial charge in [0.2, 0.25) is 23.6 Å². The van der Waals surface area contributed by atoms with Gasteiger partial charge < -0.3 is 51.1 Å². The molecule has 7 heterocycles. The molecule has 4 atom stereocenters. The minimum Gasteiger partial charge on any atom is -0.494 e. The van der Waals surface area contributed by atoms with Gasteiger partial charge in [0, 0.05) is 91.3 Å². The van der Waals surface area contributed by atoms with Crippen LogP contribution in [0.5, 0.6) is 5.75 Å². The van der Waals surface area contributed by atoms with Crippen molar-refractivity contribution in [3.8, 4) is 27.6 Å². The van der Waals surface area contributed by atoms with Crippen LogP contribution in [0.4, 0.5) is 28.7 Å². The van der Waals surface area contributed by atoms with Gasteiger partial charge in [-0.25, -0.2) is 15.0 Å². The number of β-amino-alcohol motifs (C(OH)–C–C–N with tert-alkyl or cyclic N) is 1. The minimum atomic E-state index is -0.914. The number of hydrogen-bond acceptors (Lipinski definition) is 18. The van der Waals surface area contributed by atoms with Gasteiger partial charge in [-0.05, 0) is 80.3 Å². The predicted molar refractivity (Wildman–Crippen MR) is 322 cm³/mol. The minimum absolute atomic E-state index is 0.00328. The number of anilines is 5. The van der Waals surface area contributed by atoms with E-state index in [-0.39, 0.29) is 48.8 Å². The summed E-state index contributed by atoms with van der Waals surface area (Å²) < 4.78 is 7.39. The number of aliphatic hydroxyl groups excluding tert-OH is 1. The molecule has 24 heteroatoms. The number of methoxy groups -OCH3 is 1. The van der Waals surface area contributed by atoms with Crippen LogP contribution in [-0.4, -0.2) is 168 Å². The molecular weight excluding hydrogens is 1090 g/mol. The summed E-state index contributed by atoms with van der Waals surface area (Å²) in [5.74, 6) is 0.614. The van der Waals surface area contributed by atoms with E-state index in [4.69, 9.17) is 9.72 Å². The van der Waals surface area contributed by atoms with Crippen molar-refractivity contribution in [3.63, 3.8) is 0 Å². The first kappa shape index (κ1) is 60.5. The van der Waals surface area contributed by atoms with Crippen LogP contribution in [0.1, 0.15) is 107 Å². The van der Waals surface area contributed by atoms with Crippen LogP contribution in [-0.2, 0) is 26.2 Å². The number of carbonyl (C=O) groups excluding carboxylic acids is 5. The number of piperidine rings is 1. The molecule has 2 aromatic carbocycles. The largest absolute Gasteiger partial charge is 0.494 e. The molecular formula is C60H78N16O7S. The van der Waals surface area contributed by atoms with Gasteiger partial charge in [-0.15, -0.1) is 21.5 Å². The second-order valence-electron chi connectivity index (χ2n) is 22.9. The quantitative estimate of drug-likeness (QED) is 0.0426. The van der Waals surface area contributed by atoms with E-state index in [0.717, 1.165) is 66.4 Å².